The third-order valence-corrected chi connectivity index (χ3v) is 1.64. The summed E-state index contributed by atoms with van der Waals surface area (Å²) >= 11 is 0. The third-order valence-electron chi connectivity index (χ3n) is 1.64. The van der Waals surface area contributed by atoms with Crippen LogP contribution in [0, 0.1) is 0 Å². The maximum atomic E-state index is 11.2. The lowest BCUT2D eigenvalue weighted by Gasteiger charge is -2.21. The monoisotopic (exact) mass is 232 g/mol. The molecule has 6 heteroatoms. The van der Waals surface area contributed by atoms with Gasteiger partial charge in [-0.1, -0.05) is 6.92 Å². The fourth-order valence-electron chi connectivity index (χ4n) is 0.920. The topological polar surface area (TPSA) is 76.7 Å². The number of hydrogen-bond acceptors (Lipinski definition) is 5. The SMILES string of the molecule is CC[C@H](NNC(=O)OC(C)(C)C)C(=O)OC. The standard InChI is InChI=1S/C10H20N2O4/c1-6-7(8(13)15-5)11-12-9(14)16-10(2,3)4/h7,11H,6H2,1-5H3,(H,12,14)/t7-/m0/s1. The largest absolute Gasteiger partial charge is 0.468 e. The Hall–Kier alpha value is -1.30. The first-order valence-corrected chi connectivity index (χ1v) is 5.12. The molecule has 0 heterocycles. The molecule has 0 bridgehead atoms. The van der Waals surface area contributed by atoms with Gasteiger partial charge < -0.3 is 9.47 Å². The van der Waals surface area contributed by atoms with E-state index in [9.17, 15) is 9.59 Å². The quantitative estimate of drug-likeness (QED) is 0.558. The molecular weight excluding hydrogens is 212 g/mol. The lowest BCUT2D eigenvalue weighted by molar-refractivity contribution is -0.143. The van der Waals surface area contributed by atoms with E-state index < -0.39 is 23.7 Å². The summed E-state index contributed by atoms with van der Waals surface area (Å²) in [5, 5.41) is 0. The van der Waals surface area contributed by atoms with Gasteiger partial charge in [-0.05, 0) is 27.2 Å². The average Bonchev–Trinajstić information content (AvgIpc) is 2.15. The van der Waals surface area contributed by atoms with Crippen molar-refractivity contribution < 1.29 is 19.1 Å². The van der Waals surface area contributed by atoms with Crippen molar-refractivity contribution in [1.82, 2.24) is 10.9 Å². The van der Waals surface area contributed by atoms with Gasteiger partial charge in [-0.25, -0.2) is 10.2 Å². The van der Waals surface area contributed by atoms with Gasteiger partial charge in [0.1, 0.15) is 11.6 Å². The van der Waals surface area contributed by atoms with Crippen molar-refractivity contribution in [2.75, 3.05) is 7.11 Å². The highest BCUT2D eigenvalue weighted by atomic mass is 16.6. The molecule has 0 aliphatic rings. The number of carbonyl (C=O) groups is 2. The predicted molar refractivity (Wildman–Crippen MR) is 58.6 cm³/mol. The van der Waals surface area contributed by atoms with Gasteiger partial charge in [0.05, 0.1) is 7.11 Å². The molecule has 94 valence electrons. The Bertz CT molecular complexity index is 248. The molecule has 2 N–H and O–H groups in total. The molecule has 0 radical (unpaired) electrons. The van der Waals surface area contributed by atoms with Crippen LogP contribution in [0.5, 0.6) is 0 Å². The molecule has 1 amide bonds. The average molecular weight is 232 g/mol. The second kappa shape index (κ2) is 6.32. The van der Waals surface area contributed by atoms with Crippen molar-refractivity contribution in [3.8, 4) is 0 Å². The summed E-state index contributed by atoms with van der Waals surface area (Å²) in [5.41, 5.74) is 4.27. The maximum Gasteiger partial charge on any atom is 0.422 e. The summed E-state index contributed by atoms with van der Waals surface area (Å²) in [5.74, 6) is -0.432. The number of amides is 1. The van der Waals surface area contributed by atoms with Gasteiger partial charge in [-0.15, -0.1) is 0 Å². The summed E-state index contributed by atoms with van der Waals surface area (Å²) < 4.78 is 9.52. The zero-order chi connectivity index (χ0) is 12.8. The van der Waals surface area contributed by atoms with E-state index in [4.69, 9.17) is 4.74 Å². The van der Waals surface area contributed by atoms with Crippen molar-refractivity contribution >= 4 is 12.1 Å². The second-order valence-corrected chi connectivity index (χ2v) is 4.26. The minimum absolute atomic E-state index is 0.432. The first-order chi connectivity index (χ1) is 7.30. The van der Waals surface area contributed by atoms with E-state index in [1.807, 2.05) is 0 Å². The van der Waals surface area contributed by atoms with Crippen molar-refractivity contribution in [3.63, 3.8) is 0 Å². The zero-order valence-electron chi connectivity index (χ0n) is 10.4. The Kier molecular flexibility index (Phi) is 5.81. The number of methoxy groups -OCH3 is 1. The van der Waals surface area contributed by atoms with Crippen LogP contribution in [0.2, 0.25) is 0 Å². The minimum atomic E-state index is -0.630. The molecule has 0 saturated heterocycles. The van der Waals surface area contributed by atoms with Crippen LogP contribution in [0.25, 0.3) is 0 Å². The molecule has 0 aromatic heterocycles. The Morgan fingerprint density at radius 3 is 2.25 bits per heavy atom. The molecule has 0 aliphatic heterocycles. The molecule has 0 aromatic rings. The van der Waals surface area contributed by atoms with E-state index in [-0.39, 0.29) is 0 Å². The van der Waals surface area contributed by atoms with Gasteiger partial charge >= 0.3 is 12.1 Å². The van der Waals surface area contributed by atoms with E-state index in [0.717, 1.165) is 0 Å². The highest BCUT2D eigenvalue weighted by Gasteiger charge is 2.20. The van der Waals surface area contributed by atoms with Crippen LogP contribution in [0.3, 0.4) is 0 Å². The van der Waals surface area contributed by atoms with E-state index in [0.29, 0.717) is 6.42 Å². The lowest BCUT2D eigenvalue weighted by Crippen LogP contribution is -2.49. The number of esters is 1. The molecule has 0 spiro atoms. The molecule has 0 fully saturated rings. The molecule has 0 aliphatic carbocycles. The number of hydrazine groups is 1. The summed E-state index contributed by atoms with van der Waals surface area (Å²) in [6.45, 7) is 7.06. The number of hydrogen-bond donors (Lipinski definition) is 2. The number of nitrogens with one attached hydrogen (secondary N) is 2. The molecule has 6 nitrogen and oxygen atoms in total. The summed E-state index contributed by atoms with van der Waals surface area (Å²) in [6, 6.07) is -0.572. The van der Waals surface area contributed by atoms with Crippen LogP contribution in [0.15, 0.2) is 0 Å². The summed E-state index contributed by atoms with van der Waals surface area (Å²) in [7, 11) is 1.29. The van der Waals surface area contributed by atoms with Crippen LogP contribution in [-0.4, -0.2) is 30.8 Å². The normalized spacial score (nSPS) is 12.8. The van der Waals surface area contributed by atoms with Gasteiger partial charge in [0.2, 0.25) is 0 Å². The molecule has 0 aromatic carbocycles. The van der Waals surface area contributed by atoms with Crippen LogP contribution in [-0.2, 0) is 14.3 Å². The van der Waals surface area contributed by atoms with Crippen molar-refractivity contribution in [2.24, 2.45) is 0 Å². The first-order valence-electron chi connectivity index (χ1n) is 5.12. The first kappa shape index (κ1) is 14.7. The van der Waals surface area contributed by atoms with Gasteiger partial charge in [0.15, 0.2) is 0 Å². The molecule has 0 rings (SSSR count). The highest BCUT2D eigenvalue weighted by Crippen LogP contribution is 2.06. The van der Waals surface area contributed by atoms with E-state index in [1.165, 1.54) is 7.11 Å². The van der Waals surface area contributed by atoms with Gasteiger partial charge in [-0.3, -0.25) is 10.2 Å². The van der Waals surface area contributed by atoms with E-state index in [1.54, 1.807) is 27.7 Å². The predicted octanol–water partition coefficient (Wildman–Crippen LogP) is 0.967. The summed E-state index contributed by atoms with van der Waals surface area (Å²) in [4.78, 5) is 22.4. The minimum Gasteiger partial charge on any atom is -0.468 e. The Labute approximate surface area is 95.6 Å². The van der Waals surface area contributed by atoms with Crippen LogP contribution in [0.1, 0.15) is 34.1 Å². The molecule has 0 unspecified atom stereocenters. The van der Waals surface area contributed by atoms with Gasteiger partial charge in [-0.2, -0.15) is 0 Å². The van der Waals surface area contributed by atoms with Crippen molar-refractivity contribution in [3.05, 3.63) is 0 Å². The zero-order valence-corrected chi connectivity index (χ0v) is 10.4. The van der Waals surface area contributed by atoms with E-state index in [2.05, 4.69) is 15.6 Å². The summed E-state index contributed by atoms with van der Waals surface area (Å²) in [6.07, 6.45) is -0.127. The van der Waals surface area contributed by atoms with Gasteiger partial charge in [0.25, 0.3) is 0 Å². The second-order valence-electron chi connectivity index (χ2n) is 4.26. The van der Waals surface area contributed by atoms with Crippen molar-refractivity contribution in [2.45, 2.75) is 45.8 Å². The van der Waals surface area contributed by atoms with Crippen LogP contribution in [0.4, 0.5) is 4.79 Å². The Morgan fingerprint density at radius 1 is 1.31 bits per heavy atom. The van der Waals surface area contributed by atoms with Crippen molar-refractivity contribution in [1.29, 1.82) is 0 Å². The highest BCUT2D eigenvalue weighted by molar-refractivity contribution is 5.76. The Balaban J connectivity index is 4.03. The molecule has 16 heavy (non-hydrogen) atoms. The van der Waals surface area contributed by atoms with Crippen LogP contribution >= 0.6 is 0 Å². The number of ether oxygens (including phenoxy) is 2. The number of carbonyl (C=O) groups excluding carboxylic acids is 2. The Morgan fingerprint density at radius 2 is 1.88 bits per heavy atom. The third kappa shape index (κ3) is 6.23. The number of rotatable bonds is 4. The fraction of sp³-hybridized carbons (Fsp3) is 0.800. The lowest BCUT2D eigenvalue weighted by atomic mass is 10.2. The van der Waals surface area contributed by atoms with E-state index >= 15 is 0 Å². The van der Waals surface area contributed by atoms with Crippen LogP contribution < -0.4 is 10.9 Å². The molecular formula is C10H20N2O4. The molecule has 0 saturated carbocycles. The smallest absolute Gasteiger partial charge is 0.422 e. The maximum absolute atomic E-state index is 11.2. The molecule has 1 atom stereocenters. The fourth-order valence-corrected chi connectivity index (χ4v) is 0.920. The van der Waals surface area contributed by atoms with Gasteiger partial charge in [0, 0.05) is 0 Å².